The normalized spacial score (nSPS) is 12.6. The molecule has 0 unspecified atom stereocenters. The van der Waals surface area contributed by atoms with E-state index in [-0.39, 0.29) is 29.0 Å². The van der Waals surface area contributed by atoms with Crippen molar-refractivity contribution in [3.05, 3.63) is 41.7 Å². The molecule has 1 aromatic carbocycles. The van der Waals surface area contributed by atoms with E-state index in [1.165, 1.54) is 11.8 Å². The minimum absolute atomic E-state index is 0.0445. The van der Waals surface area contributed by atoms with Crippen molar-refractivity contribution < 1.29 is 9.59 Å². The van der Waals surface area contributed by atoms with Gasteiger partial charge in [0, 0.05) is 32.0 Å². The fourth-order valence-corrected chi connectivity index (χ4v) is 3.64. The van der Waals surface area contributed by atoms with Gasteiger partial charge in [0.25, 0.3) is 0 Å². The van der Waals surface area contributed by atoms with Crippen molar-refractivity contribution >= 4 is 23.6 Å². The van der Waals surface area contributed by atoms with Crippen LogP contribution in [0.25, 0.3) is 0 Å². The molecule has 0 fully saturated rings. The standard InChI is InChI=1S/C20H29N5O2S/c1-14(28-19-23-22-17(24(19)5)12-11-16(21)26)18(27)25(20(2,3)4)13-15-9-7-6-8-10-15/h6-10,14H,11-13H2,1-5H3,(H2,21,26)/t14-/m0/s1. The lowest BCUT2D eigenvalue weighted by Crippen LogP contribution is -2.48. The highest BCUT2D eigenvalue weighted by atomic mass is 32.2. The second-order valence-corrected chi connectivity index (χ2v) is 9.07. The third-order valence-corrected chi connectivity index (χ3v) is 5.53. The summed E-state index contributed by atoms with van der Waals surface area (Å²) < 4.78 is 1.82. The summed E-state index contributed by atoms with van der Waals surface area (Å²) in [6, 6.07) is 9.97. The number of benzene rings is 1. The average molecular weight is 404 g/mol. The van der Waals surface area contributed by atoms with Gasteiger partial charge in [-0.2, -0.15) is 0 Å². The topological polar surface area (TPSA) is 94.1 Å². The molecule has 1 heterocycles. The van der Waals surface area contributed by atoms with Crippen LogP contribution in [0.5, 0.6) is 0 Å². The SMILES string of the molecule is C[C@H](Sc1nnc(CCC(N)=O)n1C)C(=O)N(Cc1ccccc1)C(C)(C)C. The van der Waals surface area contributed by atoms with Gasteiger partial charge >= 0.3 is 0 Å². The van der Waals surface area contributed by atoms with E-state index < -0.39 is 0 Å². The molecule has 0 aliphatic carbocycles. The lowest BCUT2D eigenvalue weighted by molar-refractivity contribution is -0.135. The van der Waals surface area contributed by atoms with E-state index in [0.717, 1.165) is 5.56 Å². The molecule has 0 aliphatic heterocycles. The number of thioether (sulfide) groups is 1. The van der Waals surface area contributed by atoms with Crippen molar-refractivity contribution in [2.45, 2.75) is 63.0 Å². The van der Waals surface area contributed by atoms with Crippen LogP contribution >= 0.6 is 11.8 Å². The predicted octanol–water partition coefficient (Wildman–Crippen LogP) is 2.54. The molecule has 2 rings (SSSR count). The molecule has 2 aromatic rings. The van der Waals surface area contributed by atoms with Crippen molar-refractivity contribution in [3.8, 4) is 0 Å². The number of aryl methyl sites for hydroxylation is 1. The van der Waals surface area contributed by atoms with Crippen molar-refractivity contribution in [3.63, 3.8) is 0 Å². The number of carbonyl (C=O) groups excluding carboxylic acids is 2. The molecule has 0 spiro atoms. The fraction of sp³-hybridized carbons (Fsp3) is 0.500. The van der Waals surface area contributed by atoms with E-state index in [1.807, 2.05) is 74.5 Å². The lowest BCUT2D eigenvalue weighted by Gasteiger charge is -2.37. The van der Waals surface area contributed by atoms with E-state index in [1.54, 1.807) is 0 Å². The van der Waals surface area contributed by atoms with Gasteiger partial charge in [0.05, 0.1) is 5.25 Å². The van der Waals surface area contributed by atoms with Gasteiger partial charge in [-0.1, -0.05) is 42.1 Å². The average Bonchev–Trinajstić information content (AvgIpc) is 2.97. The number of primary amides is 1. The van der Waals surface area contributed by atoms with Gasteiger partial charge in [-0.3, -0.25) is 9.59 Å². The molecule has 1 aromatic heterocycles. The van der Waals surface area contributed by atoms with Crippen molar-refractivity contribution in [2.75, 3.05) is 0 Å². The monoisotopic (exact) mass is 403 g/mol. The number of nitrogens with two attached hydrogens (primary N) is 1. The minimum Gasteiger partial charge on any atom is -0.370 e. The van der Waals surface area contributed by atoms with E-state index >= 15 is 0 Å². The molecule has 0 radical (unpaired) electrons. The van der Waals surface area contributed by atoms with Crippen LogP contribution in [0.15, 0.2) is 35.5 Å². The van der Waals surface area contributed by atoms with E-state index in [0.29, 0.717) is 23.9 Å². The highest BCUT2D eigenvalue weighted by molar-refractivity contribution is 8.00. The van der Waals surface area contributed by atoms with Crippen LogP contribution in [0.1, 0.15) is 45.5 Å². The molecule has 28 heavy (non-hydrogen) atoms. The number of hydrogen-bond acceptors (Lipinski definition) is 5. The maximum Gasteiger partial charge on any atom is 0.236 e. The maximum atomic E-state index is 13.2. The van der Waals surface area contributed by atoms with Crippen LogP contribution in [-0.2, 0) is 29.6 Å². The van der Waals surface area contributed by atoms with Crippen LogP contribution in [0.4, 0.5) is 0 Å². The molecule has 2 N–H and O–H groups in total. The highest BCUT2D eigenvalue weighted by Gasteiger charge is 2.31. The first-order valence-electron chi connectivity index (χ1n) is 9.28. The highest BCUT2D eigenvalue weighted by Crippen LogP contribution is 2.27. The summed E-state index contributed by atoms with van der Waals surface area (Å²) in [7, 11) is 1.83. The molecule has 2 amide bonds. The number of aromatic nitrogens is 3. The summed E-state index contributed by atoms with van der Waals surface area (Å²) >= 11 is 1.37. The van der Waals surface area contributed by atoms with Crippen LogP contribution in [0.2, 0.25) is 0 Å². The number of carbonyl (C=O) groups is 2. The van der Waals surface area contributed by atoms with Gasteiger partial charge in [-0.15, -0.1) is 10.2 Å². The minimum atomic E-state index is -0.373. The van der Waals surface area contributed by atoms with Gasteiger partial charge in [0.1, 0.15) is 5.82 Å². The number of hydrogen-bond donors (Lipinski definition) is 1. The Bertz CT molecular complexity index is 814. The zero-order chi connectivity index (χ0) is 20.9. The summed E-state index contributed by atoms with van der Waals surface area (Å²) in [4.78, 5) is 26.1. The smallest absolute Gasteiger partial charge is 0.236 e. The second kappa shape index (κ2) is 9.23. The molecular weight excluding hydrogens is 374 g/mol. The van der Waals surface area contributed by atoms with Crippen LogP contribution < -0.4 is 5.73 Å². The first-order valence-corrected chi connectivity index (χ1v) is 10.2. The predicted molar refractivity (Wildman–Crippen MR) is 111 cm³/mol. The lowest BCUT2D eigenvalue weighted by atomic mass is 10.0. The molecule has 7 nitrogen and oxygen atoms in total. The Morgan fingerprint density at radius 2 is 1.86 bits per heavy atom. The molecule has 0 saturated carbocycles. The largest absolute Gasteiger partial charge is 0.370 e. The van der Waals surface area contributed by atoms with Gasteiger partial charge in [0.2, 0.25) is 11.8 Å². The van der Waals surface area contributed by atoms with E-state index in [4.69, 9.17) is 5.73 Å². The zero-order valence-electron chi connectivity index (χ0n) is 17.2. The third kappa shape index (κ3) is 5.82. The number of amides is 2. The second-order valence-electron chi connectivity index (χ2n) is 7.77. The third-order valence-electron chi connectivity index (χ3n) is 4.41. The molecule has 8 heteroatoms. The number of rotatable bonds is 8. The van der Waals surface area contributed by atoms with Gasteiger partial charge in [-0.05, 0) is 33.3 Å². The molecule has 0 saturated heterocycles. The Balaban J connectivity index is 2.11. The zero-order valence-corrected chi connectivity index (χ0v) is 18.0. The quantitative estimate of drug-likeness (QED) is 0.684. The molecule has 0 aliphatic rings. The Labute approximate surface area is 170 Å². The van der Waals surface area contributed by atoms with E-state index in [2.05, 4.69) is 10.2 Å². The Morgan fingerprint density at radius 1 is 1.21 bits per heavy atom. The van der Waals surface area contributed by atoms with Gasteiger partial charge in [-0.25, -0.2) is 0 Å². The first kappa shape index (κ1) is 21.9. The van der Waals surface area contributed by atoms with Crippen LogP contribution in [-0.4, -0.2) is 42.3 Å². The summed E-state index contributed by atoms with van der Waals surface area (Å²) in [6.45, 7) is 8.55. The van der Waals surface area contributed by atoms with Crippen LogP contribution in [0, 0.1) is 0 Å². The molecule has 152 valence electrons. The fourth-order valence-electron chi connectivity index (χ4n) is 2.74. The Morgan fingerprint density at radius 3 is 2.43 bits per heavy atom. The van der Waals surface area contributed by atoms with Gasteiger partial charge in [0.15, 0.2) is 5.16 Å². The maximum absolute atomic E-state index is 13.2. The van der Waals surface area contributed by atoms with Crippen LogP contribution in [0.3, 0.4) is 0 Å². The first-order chi connectivity index (χ1) is 13.1. The Kier molecular flexibility index (Phi) is 7.23. The van der Waals surface area contributed by atoms with Crippen molar-refractivity contribution in [2.24, 2.45) is 12.8 Å². The molecular formula is C20H29N5O2S. The summed E-state index contributed by atoms with van der Waals surface area (Å²) in [5, 5.41) is 8.62. The summed E-state index contributed by atoms with van der Waals surface area (Å²) in [5.41, 5.74) is 5.98. The Hall–Kier alpha value is -2.35. The van der Waals surface area contributed by atoms with Gasteiger partial charge < -0.3 is 15.2 Å². The van der Waals surface area contributed by atoms with Crippen molar-refractivity contribution in [1.82, 2.24) is 19.7 Å². The molecule has 1 atom stereocenters. The van der Waals surface area contributed by atoms with Crippen molar-refractivity contribution in [1.29, 1.82) is 0 Å². The number of nitrogens with zero attached hydrogens (tertiary/aromatic N) is 4. The van der Waals surface area contributed by atoms with E-state index in [9.17, 15) is 9.59 Å². The molecule has 0 bridgehead atoms. The summed E-state index contributed by atoms with van der Waals surface area (Å²) in [5.74, 6) is 0.350. The summed E-state index contributed by atoms with van der Waals surface area (Å²) in [6.07, 6.45) is 0.657.